The Balaban J connectivity index is 1.49. The van der Waals surface area contributed by atoms with Crippen molar-refractivity contribution in [1.82, 2.24) is 5.43 Å². The van der Waals surface area contributed by atoms with Crippen molar-refractivity contribution >= 4 is 29.7 Å². The molecule has 0 atom stereocenters. The van der Waals surface area contributed by atoms with Gasteiger partial charge in [-0.05, 0) is 66.1 Å². The van der Waals surface area contributed by atoms with Crippen LogP contribution >= 0.6 is 11.6 Å². The Hall–Kier alpha value is -3.64. The summed E-state index contributed by atoms with van der Waals surface area (Å²) < 4.78 is 10.8. The fraction of sp³-hybridized carbons (Fsp3) is 0.125. The lowest BCUT2D eigenvalue weighted by atomic mass is 10.2. The Morgan fingerprint density at radius 3 is 2.45 bits per heavy atom. The number of halogens is 1. The molecule has 3 rings (SSSR count). The standard InChI is InChI=1S/C24H21ClN2O4/c1-2-17-6-12-21(13-7-17)30-16-23(28)27-26-15-18-4-3-5-22(14-18)31-24(29)19-8-10-20(25)11-9-19/h3-15H,2,16H2,1H3,(H,27,28)/b26-15+. The van der Waals surface area contributed by atoms with Crippen molar-refractivity contribution in [3.63, 3.8) is 0 Å². The summed E-state index contributed by atoms with van der Waals surface area (Å²) in [5.41, 5.74) is 4.64. The van der Waals surface area contributed by atoms with Gasteiger partial charge in [-0.2, -0.15) is 5.10 Å². The highest BCUT2D eigenvalue weighted by Crippen LogP contribution is 2.16. The van der Waals surface area contributed by atoms with Crippen LogP contribution < -0.4 is 14.9 Å². The quantitative estimate of drug-likeness (QED) is 0.241. The second-order valence-corrected chi connectivity index (χ2v) is 6.98. The first-order chi connectivity index (χ1) is 15.0. The third-order valence-electron chi connectivity index (χ3n) is 4.25. The van der Waals surface area contributed by atoms with Crippen molar-refractivity contribution in [2.24, 2.45) is 5.10 Å². The Morgan fingerprint density at radius 1 is 1.00 bits per heavy atom. The molecular weight excluding hydrogens is 416 g/mol. The summed E-state index contributed by atoms with van der Waals surface area (Å²) in [5.74, 6) is 0.0879. The Labute approximate surface area is 185 Å². The first-order valence-corrected chi connectivity index (χ1v) is 10.0. The average molecular weight is 437 g/mol. The molecule has 0 fully saturated rings. The molecule has 0 unspecified atom stereocenters. The number of esters is 1. The van der Waals surface area contributed by atoms with E-state index < -0.39 is 5.97 Å². The van der Waals surface area contributed by atoms with E-state index >= 15 is 0 Å². The van der Waals surface area contributed by atoms with Crippen LogP contribution in [-0.4, -0.2) is 24.7 Å². The van der Waals surface area contributed by atoms with Crippen molar-refractivity contribution in [1.29, 1.82) is 0 Å². The molecule has 158 valence electrons. The molecule has 0 aliphatic carbocycles. The number of aryl methyl sites for hydroxylation is 1. The summed E-state index contributed by atoms with van der Waals surface area (Å²) in [6, 6.07) is 20.8. The third kappa shape index (κ3) is 6.97. The largest absolute Gasteiger partial charge is 0.484 e. The zero-order valence-electron chi connectivity index (χ0n) is 16.9. The molecular formula is C24H21ClN2O4. The number of hydrazone groups is 1. The van der Waals surface area contributed by atoms with E-state index in [0.29, 0.717) is 27.6 Å². The van der Waals surface area contributed by atoms with Crippen LogP contribution in [-0.2, 0) is 11.2 Å². The molecule has 1 N–H and O–H groups in total. The first kappa shape index (κ1) is 22.1. The maximum Gasteiger partial charge on any atom is 0.343 e. The number of hydrogen-bond donors (Lipinski definition) is 1. The highest BCUT2D eigenvalue weighted by molar-refractivity contribution is 6.30. The van der Waals surface area contributed by atoms with E-state index in [0.717, 1.165) is 6.42 Å². The molecule has 0 aromatic heterocycles. The number of carbonyl (C=O) groups excluding carboxylic acids is 2. The molecule has 0 radical (unpaired) electrons. The summed E-state index contributed by atoms with van der Waals surface area (Å²) >= 11 is 5.83. The minimum atomic E-state index is -0.497. The van der Waals surface area contributed by atoms with Gasteiger partial charge in [0.2, 0.25) is 0 Å². The van der Waals surface area contributed by atoms with Gasteiger partial charge in [0.15, 0.2) is 6.61 Å². The van der Waals surface area contributed by atoms with E-state index in [2.05, 4.69) is 17.5 Å². The zero-order chi connectivity index (χ0) is 22.1. The maximum absolute atomic E-state index is 12.2. The SMILES string of the molecule is CCc1ccc(OCC(=O)N/N=C/c2cccc(OC(=O)c3ccc(Cl)cc3)c2)cc1. The van der Waals surface area contributed by atoms with E-state index in [9.17, 15) is 9.59 Å². The van der Waals surface area contributed by atoms with Crippen molar-refractivity contribution in [2.45, 2.75) is 13.3 Å². The number of rotatable bonds is 8. The van der Waals surface area contributed by atoms with Gasteiger partial charge >= 0.3 is 5.97 Å². The van der Waals surface area contributed by atoms with Crippen molar-refractivity contribution in [3.05, 3.63) is 94.5 Å². The summed E-state index contributed by atoms with van der Waals surface area (Å²) in [4.78, 5) is 24.1. The minimum absolute atomic E-state index is 0.151. The van der Waals surface area contributed by atoms with Crippen LogP contribution in [0.3, 0.4) is 0 Å². The summed E-state index contributed by atoms with van der Waals surface area (Å²) in [7, 11) is 0. The molecule has 0 saturated heterocycles. The predicted octanol–water partition coefficient (Wildman–Crippen LogP) is 4.65. The Morgan fingerprint density at radius 2 is 1.74 bits per heavy atom. The average Bonchev–Trinajstić information content (AvgIpc) is 2.79. The monoisotopic (exact) mass is 436 g/mol. The number of amides is 1. The molecule has 3 aromatic carbocycles. The Kier molecular flexibility index (Phi) is 7.79. The molecule has 0 aliphatic rings. The third-order valence-corrected chi connectivity index (χ3v) is 4.50. The second kappa shape index (κ2) is 10.9. The number of ether oxygens (including phenoxy) is 2. The van der Waals surface area contributed by atoms with Gasteiger partial charge in [-0.1, -0.05) is 42.8 Å². The smallest absolute Gasteiger partial charge is 0.343 e. The fourth-order valence-corrected chi connectivity index (χ4v) is 2.72. The molecule has 6 nitrogen and oxygen atoms in total. The lowest BCUT2D eigenvalue weighted by molar-refractivity contribution is -0.123. The molecule has 0 aliphatic heterocycles. The van der Waals surface area contributed by atoms with Crippen molar-refractivity contribution in [2.75, 3.05) is 6.61 Å². The minimum Gasteiger partial charge on any atom is -0.484 e. The second-order valence-electron chi connectivity index (χ2n) is 6.55. The van der Waals surface area contributed by atoms with Gasteiger partial charge in [0.25, 0.3) is 5.91 Å². The van der Waals surface area contributed by atoms with Crippen molar-refractivity contribution in [3.8, 4) is 11.5 Å². The number of benzene rings is 3. The number of carbonyl (C=O) groups is 2. The van der Waals surface area contributed by atoms with Gasteiger partial charge in [0.05, 0.1) is 11.8 Å². The lowest BCUT2D eigenvalue weighted by Gasteiger charge is -2.06. The first-order valence-electron chi connectivity index (χ1n) is 9.65. The van der Waals surface area contributed by atoms with Crippen LogP contribution in [0.15, 0.2) is 77.9 Å². The summed E-state index contributed by atoms with van der Waals surface area (Å²) in [6.45, 7) is 1.92. The van der Waals surface area contributed by atoms with Crippen molar-refractivity contribution < 1.29 is 19.1 Å². The van der Waals surface area contributed by atoms with E-state index in [1.165, 1.54) is 11.8 Å². The highest BCUT2D eigenvalue weighted by atomic mass is 35.5. The number of nitrogens with zero attached hydrogens (tertiary/aromatic N) is 1. The lowest BCUT2D eigenvalue weighted by Crippen LogP contribution is -2.24. The van der Waals surface area contributed by atoms with E-state index in [1.807, 2.05) is 24.3 Å². The van der Waals surface area contributed by atoms with Crippen LogP contribution in [0.1, 0.15) is 28.4 Å². The number of nitrogens with one attached hydrogen (secondary N) is 1. The van der Waals surface area contributed by atoms with Gasteiger partial charge in [-0.25, -0.2) is 10.2 Å². The van der Waals surface area contributed by atoms with E-state index in [-0.39, 0.29) is 12.5 Å². The highest BCUT2D eigenvalue weighted by Gasteiger charge is 2.08. The molecule has 7 heteroatoms. The van der Waals surface area contributed by atoms with Crippen LogP contribution in [0.25, 0.3) is 0 Å². The topological polar surface area (TPSA) is 77.0 Å². The molecule has 0 saturated carbocycles. The van der Waals surface area contributed by atoms with Gasteiger partial charge in [-0.3, -0.25) is 4.79 Å². The number of hydrogen-bond acceptors (Lipinski definition) is 5. The molecule has 0 bridgehead atoms. The van der Waals surface area contributed by atoms with Gasteiger partial charge < -0.3 is 9.47 Å². The van der Waals surface area contributed by atoms with Crippen LogP contribution in [0.5, 0.6) is 11.5 Å². The summed E-state index contributed by atoms with van der Waals surface area (Å²) in [6.07, 6.45) is 2.39. The van der Waals surface area contributed by atoms with Gasteiger partial charge in [-0.15, -0.1) is 0 Å². The predicted molar refractivity (Wildman–Crippen MR) is 120 cm³/mol. The van der Waals surface area contributed by atoms with E-state index in [1.54, 1.807) is 48.5 Å². The van der Waals surface area contributed by atoms with Crippen LogP contribution in [0.4, 0.5) is 0 Å². The molecule has 3 aromatic rings. The van der Waals surface area contributed by atoms with Crippen LogP contribution in [0, 0.1) is 0 Å². The van der Waals surface area contributed by atoms with Gasteiger partial charge in [0.1, 0.15) is 11.5 Å². The van der Waals surface area contributed by atoms with Crippen LogP contribution in [0.2, 0.25) is 5.02 Å². The molecule has 1 amide bonds. The zero-order valence-corrected chi connectivity index (χ0v) is 17.6. The summed E-state index contributed by atoms with van der Waals surface area (Å²) in [5, 5.41) is 4.45. The maximum atomic E-state index is 12.2. The van der Waals surface area contributed by atoms with E-state index in [4.69, 9.17) is 21.1 Å². The molecule has 31 heavy (non-hydrogen) atoms. The normalized spacial score (nSPS) is 10.6. The molecule has 0 heterocycles. The molecule has 0 spiro atoms. The Bertz CT molecular complexity index is 1060. The fourth-order valence-electron chi connectivity index (χ4n) is 2.59. The van der Waals surface area contributed by atoms with Gasteiger partial charge in [0, 0.05) is 5.02 Å².